The predicted octanol–water partition coefficient (Wildman–Crippen LogP) is 4.01. The zero-order chi connectivity index (χ0) is 13.0. The van der Waals surface area contributed by atoms with Gasteiger partial charge in [0.1, 0.15) is 5.75 Å². The van der Waals surface area contributed by atoms with Crippen LogP contribution in [0, 0.1) is 11.3 Å². The van der Waals surface area contributed by atoms with E-state index < -0.39 is 0 Å². The van der Waals surface area contributed by atoms with E-state index in [1.807, 2.05) is 18.2 Å². The molecular weight excluding hydrogens is 250 g/mol. The van der Waals surface area contributed by atoms with Gasteiger partial charge in [-0.15, -0.1) is 0 Å². The summed E-state index contributed by atoms with van der Waals surface area (Å²) >= 11 is 6.02. The molecule has 0 saturated carbocycles. The van der Waals surface area contributed by atoms with Crippen LogP contribution in [0.4, 0.5) is 0 Å². The smallest absolute Gasteiger partial charge is 0.169 e. The number of rotatable bonds is 3. The molecule has 0 heterocycles. The molecule has 2 rings (SSSR count). The van der Waals surface area contributed by atoms with Gasteiger partial charge in [-0.1, -0.05) is 23.7 Å². The lowest BCUT2D eigenvalue weighted by molar-refractivity contribution is 0.379. The van der Waals surface area contributed by atoms with Crippen LogP contribution in [-0.2, 0) is 0 Å². The van der Waals surface area contributed by atoms with Crippen molar-refractivity contribution in [2.24, 2.45) is 0 Å². The van der Waals surface area contributed by atoms with E-state index in [2.05, 4.69) is 0 Å². The number of para-hydroxylation sites is 2. The molecule has 0 aromatic heterocycles. The quantitative estimate of drug-likeness (QED) is 0.836. The minimum atomic E-state index is 0.431. The van der Waals surface area contributed by atoms with Gasteiger partial charge in [-0.3, -0.25) is 0 Å². The molecule has 0 aliphatic carbocycles. The maximum atomic E-state index is 8.85. The average molecular weight is 260 g/mol. The normalized spacial score (nSPS) is 9.61. The zero-order valence-corrected chi connectivity index (χ0v) is 10.4. The van der Waals surface area contributed by atoms with E-state index in [0.29, 0.717) is 27.8 Å². The third kappa shape index (κ3) is 2.55. The van der Waals surface area contributed by atoms with Crippen LogP contribution in [0.15, 0.2) is 42.5 Å². The molecule has 0 bridgehead atoms. The Bertz CT molecular complexity index is 605. The highest BCUT2D eigenvalue weighted by atomic mass is 35.5. The van der Waals surface area contributed by atoms with Gasteiger partial charge >= 0.3 is 0 Å². The molecule has 0 unspecified atom stereocenters. The second-order valence-electron chi connectivity index (χ2n) is 3.51. The largest absolute Gasteiger partial charge is 0.493 e. The van der Waals surface area contributed by atoms with Crippen molar-refractivity contribution in [3.8, 4) is 23.3 Å². The number of hydrogen-bond acceptors (Lipinski definition) is 3. The molecule has 0 saturated heterocycles. The summed E-state index contributed by atoms with van der Waals surface area (Å²) in [7, 11) is 1.56. The Hall–Kier alpha value is -2.18. The molecule has 4 heteroatoms. The van der Waals surface area contributed by atoms with Crippen molar-refractivity contribution in [2.75, 3.05) is 7.11 Å². The van der Waals surface area contributed by atoms with Crippen LogP contribution in [0.2, 0.25) is 5.02 Å². The lowest BCUT2D eigenvalue weighted by Crippen LogP contribution is -1.91. The monoisotopic (exact) mass is 259 g/mol. The predicted molar refractivity (Wildman–Crippen MR) is 69.2 cm³/mol. The summed E-state index contributed by atoms with van der Waals surface area (Å²) in [6.07, 6.45) is 0. The minimum Gasteiger partial charge on any atom is -0.493 e. The number of benzene rings is 2. The van der Waals surface area contributed by atoms with E-state index in [4.69, 9.17) is 26.3 Å². The summed E-state index contributed by atoms with van der Waals surface area (Å²) in [5, 5.41) is 9.29. The van der Waals surface area contributed by atoms with Crippen LogP contribution in [0.3, 0.4) is 0 Å². The number of nitriles is 1. The summed E-state index contributed by atoms with van der Waals surface area (Å²) < 4.78 is 10.8. The van der Waals surface area contributed by atoms with Crippen molar-refractivity contribution < 1.29 is 9.47 Å². The van der Waals surface area contributed by atoms with Crippen molar-refractivity contribution in [3.05, 3.63) is 53.1 Å². The van der Waals surface area contributed by atoms with Gasteiger partial charge in [0.05, 0.1) is 23.8 Å². The molecule has 0 atom stereocenters. The molecule has 0 spiro atoms. The summed E-state index contributed by atoms with van der Waals surface area (Å²) in [6, 6.07) is 14.1. The second-order valence-corrected chi connectivity index (χ2v) is 3.92. The van der Waals surface area contributed by atoms with Gasteiger partial charge in [-0.05, 0) is 24.3 Å². The highest BCUT2D eigenvalue weighted by Gasteiger charge is 2.08. The van der Waals surface area contributed by atoms with E-state index in [1.54, 1.807) is 37.4 Å². The molecular formula is C14H10ClNO2. The first kappa shape index (κ1) is 12.3. The minimum absolute atomic E-state index is 0.431. The number of nitrogens with zero attached hydrogens (tertiary/aromatic N) is 1. The molecule has 0 aliphatic rings. The fraction of sp³-hybridized carbons (Fsp3) is 0.0714. The molecule has 3 nitrogen and oxygen atoms in total. The second kappa shape index (κ2) is 5.44. The molecule has 2 aromatic rings. The first-order chi connectivity index (χ1) is 8.74. The Morgan fingerprint density at radius 1 is 1.06 bits per heavy atom. The van der Waals surface area contributed by atoms with Crippen LogP contribution in [0.25, 0.3) is 0 Å². The van der Waals surface area contributed by atoms with Gasteiger partial charge in [0.15, 0.2) is 11.5 Å². The van der Waals surface area contributed by atoms with Crippen LogP contribution < -0.4 is 9.47 Å². The van der Waals surface area contributed by atoms with Crippen molar-refractivity contribution in [3.63, 3.8) is 0 Å². The lowest BCUT2D eigenvalue weighted by Gasteiger charge is -2.11. The topological polar surface area (TPSA) is 42.2 Å². The molecule has 0 radical (unpaired) electrons. The Balaban J connectivity index is 2.37. The zero-order valence-electron chi connectivity index (χ0n) is 9.68. The number of ether oxygens (including phenoxy) is 2. The Morgan fingerprint density at radius 3 is 2.44 bits per heavy atom. The lowest BCUT2D eigenvalue weighted by atomic mass is 10.2. The van der Waals surface area contributed by atoms with Gasteiger partial charge < -0.3 is 9.47 Å². The maximum absolute atomic E-state index is 8.85. The highest BCUT2D eigenvalue weighted by Crippen LogP contribution is 2.35. The first-order valence-electron chi connectivity index (χ1n) is 5.25. The summed E-state index contributed by atoms with van der Waals surface area (Å²) in [4.78, 5) is 0. The summed E-state index contributed by atoms with van der Waals surface area (Å²) in [5.74, 6) is 1.59. The third-order valence-electron chi connectivity index (χ3n) is 2.35. The van der Waals surface area contributed by atoms with E-state index in [0.717, 1.165) is 0 Å². The van der Waals surface area contributed by atoms with E-state index in [1.165, 1.54) is 0 Å². The standard InChI is InChI=1S/C14H10ClNO2/c1-17-12-4-2-3-5-13(12)18-14-8-10(9-16)6-7-11(14)15/h2-8H,1H3. The molecule has 0 fully saturated rings. The van der Waals surface area contributed by atoms with E-state index in [9.17, 15) is 0 Å². The van der Waals surface area contributed by atoms with Crippen LogP contribution >= 0.6 is 11.6 Å². The molecule has 0 amide bonds. The molecule has 0 N–H and O–H groups in total. The van der Waals surface area contributed by atoms with Crippen molar-refractivity contribution in [1.82, 2.24) is 0 Å². The maximum Gasteiger partial charge on any atom is 0.169 e. The van der Waals surface area contributed by atoms with Gasteiger partial charge in [0.2, 0.25) is 0 Å². The SMILES string of the molecule is COc1ccccc1Oc1cc(C#N)ccc1Cl. The van der Waals surface area contributed by atoms with Crippen LogP contribution in [0.1, 0.15) is 5.56 Å². The summed E-state index contributed by atoms with van der Waals surface area (Å²) in [6.45, 7) is 0. The van der Waals surface area contributed by atoms with E-state index in [-0.39, 0.29) is 0 Å². The third-order valence-corrected chi connectivity index (χ3v) is 2.66. The Labute approximate surface area is 110 Å². The van der Waals surface area contributed by atoms with Gasteiger partial charge in [0, 0.05) is 6.07 Å². The fourth-order valence-electron chi connectivity index (χ4n) is 1.47. The van der Waals surface area contributed by atoms with Crippen LogP contribution in [-0.4, -0.2) is 7.11 Å². The van der Waals surface area contributed by atoms with Crippen LogP contribution in [0.5, 0.6) is 17.2 Å². The summed E-state index contributed by atoms with van der Waals surface area (Å²) in [5.41, 5.74) is 0.490. The highest BCUT2D eigenvalue weighted by molar-refractivity contribution is 6.32. The van der Waals surface area contributed by atoms with Gasteiger partial charge in [-0.2, -0.15) is 5.26 Å². The van der Waals surface area contributed by atoms with Gasteiger partial charge in [0.25, 0.3) is 0 Å². The Morgan fingerprint density at radius 2 is 1.78 bits per heavy atom. The number of hydrogen-bond donors (Lipinski definition) is 0. The van der Waals surface area contributed by atoms with Crippen molar-refractivity contribution >= 4 is 11.6 Å². The molecule has 2 aromatic carbocycles. The fourth-order valence-corrected chi connectivity index (χ4v) is 1.63. The number of methoxy groups -OCH3 is 1. The molecule has 0 aliphatic heterocycles. The number of halogens is 1. The Kier molecular flexibility index (Phi) is 3.71. The average Bonchev–Trinajstić information content (AvgIpc) is 2.42. The van der Waals surface area contributed by atoms with Crippen molar-refractivity contribution in [1.29, 1.82) is 5.26 Å². The van der Waals surface area contributed by atoms with Gasteiger partial charge in [-0.25, -0.2) is 0 Å². The molecule has 18 heavy (non-hydrogen) atoms. The van der Waals surface area contributed by atoms with Crippen molar-refractivity contribution in [2.45, 2.75) is 0 Å². The van der Waals surface area contributed by atoms with E-state index >= 15 is 0 Å². The first-order valence-corrected chi connectivity index (χ1v) is 5.63. The molecule has 90 valence electrons.